The van der Waals surface area contributed by atoms with Gasteiger partial charge >= 0.3 is 0 Å². The minimum atomic E-state index is 0.00810. The molecule has 0 radical (unpaired) electrons. The number of H-pyrrole nitrogens is 1. The molecule has 3 nitrogen and oxygen atoms in total. The standard InChI is InChI=1S/C17H24N2O/c1-11(2)14(12(3)4)9-19-17(20)15-10-18-16-8-6-5-7-13(15)16/h5-8,10-12,14,18H,9H2,1-4H3,(H,19,20). The first-order valence-electron chi connectivity index (χ1n) is 7.35. The molecule has 108 valence electrons. The van der Waals surface area contributed by atoms with Gasteiger partial charge in [0.05, 0.1) is 5.56 Å². The summed E-state index contributed by atoms with van der Waals surface area (Å²) in [6, 6.07) is 7.88. The van der Waals surface area contributed by atoms with Crippen molar-refractivity contribution in [3.8, 4) is 0 Å². The molecule has 0 aliphatic rings. The zero-order valence-corrected chi connectivity index (χ0v) is 12.7. The number of amides is 1. The van der Waals surface area contributed by atoms with Crippen molar-refractivity contribution in [2.45, 2.75) is 27.7 Å². The highest BCUT2D eigenvalue weighted by atomic mass is 16.1. The maximum absolute atomic E-state index is 12.3. The summed E-state index contributed by atoms with van der Waals surface area (Å²) in [5.41, 5.74) is 1.73. The van der Waals surface area contributed by atoms with Crippen LogP contribution in [0.25, 0.3) is 10.9 Å². The molecule has 0 saturated carbocycles. The summed E-state index contributed by atoms with van der Waals surface area (Å²) in [5.74, 6) is 1.65. The van der Waals surface area contributed by atoms with Crippen LogP contribution in [0.2, 0.25) is 0 Å². The van der Waals surface area contributed by atoms with Crippen LogP contribution in [-0.2, 0) is 0 Å². The molecule has 0 aliphatic heterocycles. The Kier molecular flexibility index (Phi) is 4.48. The second-order valence-electron chi connectivity index (χ2n) is 6.11. The zero-order valence-electron chi connectivity index (χ0n) is 12.7. The number of nitrogens with one attached hydrogen (secondary N) is 2. The third-order valence-electron chi connectivity index (χ3n) is 4.04. The van der Waals surface area contributed by atoms with Crippen LogP contribution in [0.4, 0.5) is 0 Å². The van der Waals surface area contributed by atoms with E-state index in [1.54, 1.807) is 6.20 Å². The van der Waals surface area contributed by atoms with E-state index in [4.69, 9.17) is 0 Å². The van der Waals surface area contributed by atoms with Crippen molar-refractivity contribution >= 4 is 16.8 Å². The van der Waals surface area contributed by atoms with E-state index in [0.29, 0.717) is 17.8 Å². The first kappa shape index (κ1) is 14.6. The number of rotatable bonds is 5. The van der Waals surface area contributed by atoms with E-state index in [2.05, 4.69) is 38.0 Å². The van der Waals surface area contributed by atoms with Crippen molar-refractivity contribution < 1.29 is 4.79 Å². The number of hydrogen-bond acceptors (Lipinski definition) is 1. The Balaban J connectivity index is 2.09. The summed E-state index contributed by atoms with van der Waals surface area (Å²) in [7, 11) is 0. The van der Waals surface area contributed by atoms with Gasteiger partial charge in [0.25, 0.3) is 5.91 Å². The zero-order chi connectivity index (χ0) is 14.7. The number of carbonyl (C=O) groups excluding carboxylic acids is 1. The van der Waals surface area contributed by atoms with Crippen LogP contribution in [-0.4, -0.2) is 17.4 Å². The number of para-hydroxylation sites is 1. The number of carbonyl (C=O) groups is 1. The first-order valence-corrected chi connectivity index (χ1v) is 7.35. The minimum Gasteiger partial charge on any atom is -0.360 e. The molecule has 2 rings (SSSR count). The lowest BCUT2D eigenvalue weighted by molar-refractivity contribution is 0.0939. The van der Waals surface area contributed by atoms with Gasteiger partial charge in [-0.1, -0.05) is 45.9 Å². The summed E-state index contributed by atoms with van der Waals surface area (Å²) in [6.45, 7) is 9.57. The molecule has 1 heterocycles. The van der Waals surface area contributed by atoms with E-state index in [9.17, 15) is 4.79 Å². The highest BCUT2D eigenvalue weighted by Gasteiger charge is 2.19. The summed E-state index contributed by atoms with van der Waals surface area (Å²) in [4.78, 5) is 15.5. The van der Waals surface area contributed by atoms with Crippen molar-refractivity contribution in [2.24, 2.45) is 17.8 Å². The second kappa shape index (κ2) is 6.12. The maximum atomic E-state index is 12.3. The number of hydrogen-bond donors (Lipinski definition) is 2. The summed E-state index contributed by atoms with van der Waals surface area (Å²) in [6.07, 6.45) is 1.79. The highest BCUT2D eigenvalue weighted by Crippen LogP contribution is 2.21. The lowest BCUT2D eigenvalue weighted by Crippen LogP contribution is -2.33. The number of aromatic amines is 1. The molecule has 20 heavy (non-hydrogen) atoms. The highest BCUT2D eigenvalue weighted by molar-refractivity contribution is 6.06. The van der Waals surface area contributed by atoms with Crippen LogP contribution in [0.15, 0.2) is 30.5 Å². The van der Waals surface area contributed by atoms with Crippen LogP contribution in [0, 0.1) is 17.8 Å². The Morgan fingerprint density at radius 1 is 1.15 bits per heavy atom. The molecule has 1 amide bonds. The Morgan fingerprint density at radius 2 is 1.80 bits per heavy atom. The van der Waals surface area contributed by atoms with E-state index < -0.39 is 0 Å². The van der Waals surface area contributed by atoms with Gasteiger partial charge in [-0.05, 0) is 23.8 Å². The Hall–Kier alpha value is -1.77. The average Bonchev–Trinajstić information content (AvgIpc) is 2.81. The van der Waals surface area contributed by atoms with Gasteiger partial charge < -0.3 is 10.3 Å². The molecule has 0 saturated heterocycles. The van der Waals surface area contributed by atoms with E-state index in [1.165, 1.54) is 0 Å². The molecule has 2 aromatic rings. The molecule has 0 atom stereocenters. The molecule has 0 fully saturated rings. The van der Waals surface area contributed by atoms with Crippen LogP contribution < -0.4 is 5.32 Å². The van der Waals surface area contributed by atoms with E-state index in [1.807, 2.05) is 24.3 Å². The van der Waals surface area contributed by atoms with Gasteiger partial charge in [-0.3, -0.25) is 4.79 Å². The quantitative estimate of drug-likeness (QED) is 0.853. The van der Waals surface area contributed by atoms with E-state index in [0.717, 1.165) is 23.0 Å². The minimum absolute atomic E-state index is 0.00810. The molecule has 0 unspecified atom stereocenters. The lowest BCUT2D eigenvalue weighted by Gasteiger charge is -2.25. The number of aromatic nitrogens is 1. The van der Waals surface area contributed by atoms with Gasteiger partial charge in [0.15, 0.2) is 0 Å². The summed E-state index contributed by atoms with van der Waals surface area (Å²) in [5, 5.41) is 4.06. The van der Waals surface area contributed by atoms with Gasteiger partial charge in [-0.25, -0.2) is 0 Å². The van der Waals surface area contributed by atoms with Crippen LogP contribution in [0.1, 0.15) is 38.1 Å². The maximum Gasteiger partial charge on any atom is 0.253 e. The largest absolute Gasteiger partial charge is 0.360 e. The molecular formula is C17H24N2O. The van der Waals surface area contributed by atoms with Gasteiger partial charge in [0, 0.05) is 23.6 Å². The molecule has 0 spiro atoms. The predicted molar refractivity (Wildman–Crippen MR) is 83.8 cm³/mol. The molecular weight excluding hydrogens is 248 g/mol. The fourth-order valence-electron chi connectivity index (χ4n) is 2.81. The molecule has 1 aromatic heterocycles. The fraction of sp³-hybridized carbons (Fsp3) is 0.471. The predicted octanol–water partition coefficient (Wildman–Crippen LogP) is 3.83. The summed E-state index contributed by atoms with van der Waals surface area (Å²) >= 11 is 0. The van der Waals surface area contributed by atoms with Gasteiger partial charge in [0.2, 0.25) is 0 Å². The third kappa shape index (κ3) is 3.03. The van der Waals surface area contributed by atoms with Gasteiger partial charge in [0.1, 0.15) is 0 Å². The van der Waals surface area contributed by atoms with Gasteiger partial charge in [-0.2, -0.15) is 0 Å². The fourth-order valence-corrected chi connectivity index (χ4v) is 2.81. The van der Waals surface area contributed by atoms with Crippen LogP contribution in [0.3, 0.4) is 0 Å². The molecule has 0 bridgehead atoms. The second-order valence-corrected chi connectivity index (χ2v) is 6.11. The monoisotopic (exact) mass is 272 g/mol. The Morgan fingerprint density at radius 3 is 2.45 bits per heavy atom. The van der Waals surface area contributed by atoms with Crippen molar-refractivity contribution in [3.05, 3.63) is 36.0 Å². The Bertz CT molecular complexity index is 575. The average molecular weight is 272 g/mol. The SMILES string of the molecule is CC(C)C(CNC(=O)c1c[nH]c2ccccc12)C(C)C. The smallest absolute Gasteiger partial charge is 0.253 e. The van der Waals surface area contributed by atoms with E-state index >= 15 is 0 Å². The van der Waals surface area contributed by atoms with Crippen molar-refractivity contribution in [2.75, 3.05) is 6.54 Å². The summed E-state index contributed by atoms with van der Waals surface area (Å²) < 4.78 is 0. The number of benzene rings is 1. The van der Waals surface area contributed by atoms with E-state index in [-0.39, 0.29) is 5.91 Å². The van der Waals surface area contributed by atoms with Crippen molar-refractivity contribution in [1.29, 1.82) is 0 Å². The van der Waals surface area contributed by atoms with Crippen molar-refractivity contribution in [1.82, 2.24) is 10.3 Å². The van der Waals surface area contributed by atoms with Crippen molar-refractivity contribution in [3.63, 3.8) is 0 Å². The molecule has 0 aliphatic carbocycles. The normalized spacial score (nSPS) is 11.8. The third-order valence-corrected chi connectivity index (χ3v) is 4.04. The number of fused-ring (bicyclic) bond motifs is 1. The Labute approximate surface area is 120 Å². The topological polar surface area (TPSA) is 44.9 Å². The van der Waals surface area contributed by atoms with Gasteiger partial charge in [-0.15, -0.1) is 0 Å². The first-order chi connectivity index (χ1) is 9.50. The molecule has 2 N–H and O–H groups in total. The molecule has 3 heteroatoms. The lowest BCUT2D eigenvalue weighted by atomic mass is 9.85. The van der Waals surface area contributed by atoms with Crippen LogP contribution >= 0.6 is 0 Å². The molecule has 1 aromatic carbocycles. The van der Waals surface area contributed by atoms with Crippen LogP contribution in [0.5, 0.6) is 0 Å².